The summed E-state index contributed by atoms with van der Waals surface area (Å²) in [6.45, 7) is 7.54. The van der Waals surface area contributed by atoms with Gasteiger partial charge in [-0.2, -0.15) is 0 Å². The molecule has 1 aliphatic carbocycles. The summed E-state index contributed by atoms with van der Waals surface area (Å²) in [5.74, 6) is -0.414. The highest BCUT2D eigenvalue weighted by atomic mass is 32.2. The second-order valence-corrected chi connectivity index (χ2v) is 13.4. The number of carbonyl (C=O) groups is 2. The van der Waals surface area contributed by atoms with Crippen LogP contribution >= 0.6 is 0 Å². The highest BCUT2D eigenvalue weighted by Crippen LogP contribution is 2.40. The highest BCUT2D eigenvalue weighted by Gasteiger charge is 2.46. The van der Waals surface area contributed by atoms with Crippen molar-refractivity contribution in [1.29, 1.82) is 0 Å². The lowest BCUT2D eigenvalue weighted by atomic mass is 9.85. The molecule has 1 saturated carbocycles. The average molecular weight is 482 g/mol. The van der Waals surface area contributed by atoms with Gasteiger partial charge in [0.2, 0.25) is 11.8 Å². The van der Waals surface area contributed by atoms with E-state index in [1.807, 2.05) is 27.0 Å². The Bertz CT molecular complexity index is 1010. The Morgan fingerprint density at radius 1 is 1.21 bits per heavy atom. The van der Waals surface area contributed by atoms with Gasteiger partial charge < -0.3 is 15.3 Å². The van der Waals surface area contributed by atoms with Crippen molar-refractivity contribution in [3.05, 3.63) is 11.9 Å². The number of likely N-dealkylation sites (tertiary alicyclic amines) is 1. The van der Waals surface area contributed by atoms with Crippen LogP contribution in [0.5, 0.6) is 0 Å². The second kappa shape index (κ2) is 8.65. The predicted octanol–water partition coefficient (Wildman–Crippen LogP) is 0.786. The van der Waals surface area contributed by atoms with Crippen molar-refractivity contribution in [3.8, 4) is 0 Å². The third-order valence-electron chi connectivity index (χ3n) is 7.02. The number of nitrogens with one attached hydrogen (secondary N) is 1. The zero-order chi connectivity index (χ0) is 24.1. The predicted molar refractivity (Wildman–Crippen MR) is 121 cm³/mol. The molecule has 3 fully saturated rings. The van der Waals surface area contributed by atoms with Crippen LogP contribution < -0.4 is 5.32 Å². The topological polar surface area (TPSA) is 134 Å². The molecule has 0 radical (unpaired) electrons. The molecule has 2 N–H and O–H groups in total. The van der Waals surface area contributed by atoms with Crippen LogP contribution in [0.15, 0.2) is 6.20 Å². The number of rotatable bonds is 5. The van der Waals surface area contributed by atoms with E-state index >= 15 is 0 Å². The highest BCUT2D eigenvalue weighted by molar-refractivity contribution is 7.92. The SMILES string of the molecule is CC1CCC(NC(=O)[C@@H]2C[C@@H](O)CN2C(=O)[C@@H](n2cc(C3CC3)nn2)C(C)(C)C)CS1(=O)=O. The van der Waals surface area contributed by atoms with Gasteiger partial charge >= 0.3 is 0 Å². The van der Waals surface area contributed by atoms with Crippen molar-refractivity contribution in [2.24, 2.45) is 5.41 Å². The minimum atomic E-state index is -3.25. The van der Waals surface area contributed by atoms with E-state index in [-0.39, 0.29) is 24.6 Å². The first-order chi connectivity index (χ1) is 15.4. The van der Waals surface area contributed by atoms with E-state index in [1.165, 1.54) is 4.90 Å². The molecule has 2 saturated heterocycles. The summed E-state index contributed by atoms with van der Waals surface area (Å²) < 4.78 is 26.1. The molecule has 4 rings (SSSR count). The van der Waals surface area contributed by atoms with Crippen LogP contribution in [0.25, 0.3) is 0 Å². The van der Waals surface area contributed by atoms with Crippen LogP contribution in [0.4, 0.5) is 0 Å². The van der Waals surface area contributed by atoms with Crippen molar-refractivity contribution >= 4 is 21.7 Å². The van der Waals surface area contributed by atoms with E-state index in [0.717, 1.165) is 18.5 Å². The van der Waals surface area contributed by atoms with E-state index in [2.05, 4.69) is 15.6 Å². The first kappa shape index (κ1) is 24.1. The standard InChI is InChI=1S/C22H35N5O5S/c1-13-5-8-15(12-33(13,31)32)23-20(29)18-9-16(28)10-26(18)21(30)19(22(2,3)4)27-11-17(24-25-27)14-6-7-14/h11,13-16,18-19,28H,5-10,12H2,1-4H3,(H,23,29)/t13?,15?,16-,18+,19-/m1/s1. The van der Waals surface area contributed by atoms with E-state index in [1.54, 1.807) is 11.6 Å². The Morgan fingerprint density at radius 2 is 1.91 bits per heavy atom. The lowest BCUT2D eigenvalue weighted by molar-refractivity contribution is -0.144. The van der Waals surface area contributed by atoms with E-state index in [0.29, 0.717) is 18.8 Å². The van der Waals surface area contributed by atoms with Crippen LogP contribution in [0, 0.1) is 5.41 Å². The van der Waals surface area contributed by atoms with Crippen molar-refractivity contribution in [3.63, 3.8) is 0 Å². The number of nitrogens with zero attached hydrogens (tertiary/aromatic N) is 4. The molecule has 3 heterocycles. The van der Waals surface area contributed by atoms with Gasteiger partial charge in [0.15, 0.2) is 9.84 Å². The van der Waals surface area contributed by atoms with Crippen LogP contribution in [0.3, 0.4) is 0 Å². The third kappa shape index (κ3) is 5.08. The first-order valence-electron chi connectivity index (χ1n) is 11.8. The Morgan fingerprint density at radius 3 is 2.52 bits per heavy atom. The molecule has 1 aromatic heterocycles. The molecule has 2 aliphatic heterocycles. The lowest BCUT2D eigenvalue weighted by Crippen LogP contribution is -2.54. The van der Waals surface area contributed by atoms with Gasteiger partial charge in [0, 0.05) is 31.1 Å². The minimum absolute atomic E-state index is 0.0493. The van der Waals surface area contributed by atoms with E-state index in [4.69, 9.17) is 0 Å². The first-order valence-corrected chi connectivity index (χ1v) is 13.5. The summed E-state index contributed by atoms with van der Waals surface area (Å²) in [5.41, 5.74) is 0.369. The van der Waals surface area contributed by atoms with Crippen molar-refractivity contribution in [2.45, 2.75) is 95.2 Å². The monoisotopic (exact) mass is 481 g/mol. The van der Waals surface area contributed by atoms with Crippen molar-refractivity contribution in [1.82, 2.24) is 25.2 Å². The molecule has 11 heteroatoms. The van der Waals surface area contributed by atoms with Gasteiger partial charge in [-0.15, -0.1) is 5.10 Å². The summed E-state index contributed by atoms with van der Waals surface area (Å²) in [4.78, 5) is 28.3. The molecular formula is C22H35N5O5S. The molecular weight excluding hydrogens is 446 g/mol. The van der Waals surface area contributed by atoms with Crippen molar-refractivity contribution in [2.75, 3.05) is 12.3 Å². The van der Waals surface area contributed by atoms with Crippen LogP contribution in [0.1, 0.15) is 77.5 Å². The van der Waals surface area contributed by atoms with Crippen molar-refractivity contribution < 1.29 is 23.1 Å². The summed E-state index contributed by atoms with van der Waals surface area (Å²) >= 11 is 0. The maximum atomic E-state index is 13.7. The molecule has 0 aromatic carbocycles. The number of carbonyl (C=O) groups excluding carboxylic acids is 2. The zero-order valence-electron chi connectivity index (χ0n) is 19.8. The lowest BCUT2D eigenvalue weighted by Gasteiger charge is -2.35. The molecule has 184 valence electrons. The van der Waals surface area contributed by atoms with Gasteiger partial charge in [0.05, 0.1) is 22.8 Å². The fourth-order valence-electron chi connectivity index (χ4n) is 4.88. The maximum Gasteiger partial charge on any atom is 0.248 e. The smallest absolute Gasteiger partial charge is 0.248 e. The molecule has 10 nitrogen and oxygen atoms in total. The van der Waals surface area contributed by atoms with E-state index < -0.39 is 50.6 Å². The summed E-state index contributed by atoms with van der Waals surface area (Å²) in [6.07, 6.45) is 4.33. The summed E-state index contributed by atoms with van der Waals surface area (Å²) in [5, 5.41) is 21.2. The Kier molecular flexibility index (Phi) is 6.32. The fraction of sp³-hybridized carbons (Fsp3) is 0.818. The molecule has 0 spiro atoms. The molecule has 5 atom stereocenters. The van der Waals surface area contributed by atoms with Gasteiger partial charge in [-0.25, -0.2) is 13.1 Å². The number of hydrogen-bond acceptors (Lipinski definition) is 7. The number of aliphatic hydroxyl groups excluding tert-OH is 1. The van der Waals surface area contributed by atoms with Gasteiger partial charge in [-0.05, 0) is 38.0 Å². The fourth-order valence-corrected chi connectivity index (χ4v) is 6.52. The third-order valence-corrected chi connectivity index (χ3v) is 9.35. The van der Waals surface area contributed by atoms with Gasteiger partial charge in [0.1, 0.15) is 12.1 Å². The summed E-state index contributed by atoms with van der Waals surface area (Å²) in [6, 6.07) is -2.02. The summed E-state index contributed by atoms with van der Waals surface area (Å²) in [7, 11) is -3.25. The Hall–Kier alpha value is -2.01. The van der Waals surface area contributed by atoms with Crippen LogP contribution in [-0.4, -0.2) is 81.0 Å². The molecule has 1 aromatic rings. The van der Waals surface area contributed by atoms with Gasteiger partial charge in [-0.3, -0.25) is 9.59 Å². The molecule has 3 aliphatic rings. The normalized spacial score (nSPS) is 30.8. The Balaban J connectivity index is 1.52. The number of hydrogen-bond donors (Lipinski definition) is 2. The zero-order valence-corrected chi connectivity index (χ0v) is 20.6. The maximum absolute atomic E-state index is 13.7. The Labute approximate surface area is 195 Å². The van der Waals surface area contributed by atoms with Crippen LogP contribution in [0.2, 0.25) is 0 Å². The average Bonchev–Trinajstić information content (AvgIpc) is 3.31. The minimum Gasteiger partial charge on any atom is -0.391 e. The molecule has 2 unspecified atom stereocenters. The van der Waals surface area contributed by atoms with E-state index in [9.17, 15) is 23.1 Å². The molecule has 33 heavy (non-hydrogen) atoms. The van der Waals surface area contributed by atoms with Gasteiger partial charge in [-0.1, -0.05) is 26.0 Å². The number of aliphatic hydroxyl groups is 1. The number of sulfone groups is 1. The number of aromatic nitrogens is 3. The number of amides is 2. The largest absolute Gasteiger partial charge is 0.391 e. The van der Waals surface area contributed by atoms with Crippen LogP contribution in [-0.2, 0) is 19.4 Å². The van der Waals surface area contributed by atoms with Gasteiger partial charge in [0.25, 0.3) is 0 Å². The number of β-amino-alcohol motifs (C(OH)–C–C–N with tert-alkyl or cyclic N) is 1. The molecule has 0 bridgehead atoms. The second-order valence-electron chi connectivity index (χ2n) is 11.0. The molecule has 2 amide bonds. The quantitative estimate of drug-likeness (QED) is 0.635.